The molecule has 3 rings (SSSR count). The highest BCUT2D eigenvalue weighted by atomic mass is 32.2. The molecule has 2 saturated heterocycles. The number of aromatic nitrogens is 1. The standard InChI is InChI=1S/C18H26N4O4S/c1-3-22(16-6-11-27(25,26)13-16)18(24)15-4-5-17(19-12-15)21-9-7-20(8-10-21)14(2)23/h4-5,12,16H,3,6-11,13H2,1-2H3. The van der Waals surface area contributed by atoms with Crippen molar-refractivity contribution in [2.75, 3.05) is 49.1 Å². The molecule has 0 aliphatic carbocycles. The summed E-state index contributed by atoms with van der Waals surface area (Å²) in [6, 6.07) is 3.30. The van der Waals surface area contributed by atoms with Crippen molar-refractivity contribution < 1.29 is 18.0 Å². The monoisotopic (exact) mass is 394 g/mol. The molecule has 148 valence electrons. The fourth-order valence-corrected chi connectivity index (χ4v) is 5.44. The van der Waals surface area contributed by atoms with E-state index in [1.807, 2.05) is 17.9 Å². The molecule has 0 bridgehead atoms. The summed E-state index contributed by atoms with van der Waals surface area (Å²) in [6.45, 7) is 6.65. The molecule has 0 N–H and O–H groups in total. The van der Waals surface area contributed by atoms with Gasteiger partial charge in [-0.3, -0.25) is 9.59 Å². The van der Waals surface area contributed by atoms with Crippen molar-refractivity contribution in [3.05, 3.63) is 23.9 Å². The fourth-order valence-electron chi connectivity index (χ4n) is 3.70. The predicted octanol–water partition coefficient (Wildman–Crippen LogP) is 0.399. The smallest absolute Gasteiger partial charge is 0.255 e. The molecule has 0 saturated carbocycles. The first-order valence-corrected chi connectivity index (χ1v) is 11.1. The van der Waals surface area contributed by atoms with Gasteiger partial charge < -0.3 is 14.7 Å². The summed E-state index contributed by atoms with van der Waals surface area (Å²) >= 11 is 0. The lowest BCUT2D eigenvalue weighted by molar-refractivity contribution is -0.129. The van der Waals surface area contributed by atoms with Gasteiger partial charge in [-0.1, -0.05) is 0 Å². The molecular weight excluding hydrogens is 368 g/mol. The van der Waals surface area contributed by atoms with Gasteiger partial charge in [-0.15, -0.1) is 0 Å². The van der Waals surface area contributed by atoms with Crippen LogP contribution >= 0.6 is 0 Å². The minimum Gasteiger partial charge on any atom is -0.353 e. The Morgan fingerprint density at radius 2 is 1.93 bits per heavy atom. The number of sulfone groups is 1. The summed E-state index contributed by atoms with van der Waals surface area (Å²) in [4.78, 5) is 34.2. The van der Waals surface area contributed by atoms with E-state index in [1.165, 1.54) is 0 Å². The van der Waals surface area contributed by atoms with Crippen LogP contribution in [-0.2, 0) is 14.6 Å². The van der Waals surface area contributed by atoms with Crippen LogP contribution in [-0.4, -0.2) is 85.3 Å². The first kappa shape index (κ1) is 19.6. The Morgan fingerprint density at radius 1 is 1.22 bits per heavy atom. The van der Waals surface area contributed by atoms with E-state index in [2.05, 4.69) is 9.88 Å². The summed E-state index contributed by atoms with van der Waals surface area (Å²) in [5, 5.41) is 0. The number of hydrogen-bond donors (Lipinski definition) is 0. The second kappa shape index (κ2) is 7.84. The topological polar surface area (TPSA) is 90.9 Å². The van der Waals surface area contributed by atoms with Gasteiger partial charge in [-0.05, 0) is 25.5 Å². The second-order valence-electron chi connectivity index (χ2n) is 7.05. The van der Waals surface area contributed by atoms with E-state index in [9.17, 15) is 18.0 Å². The maximum Gasteiger partial charge on any atom is 0.255 e. The molecule has 2 amide bonds. The highest BCUT2D eigenvalue weighted by Gasteiger charge is 2.34. The van der Waals surface area contributed by atoms with Crippen LogP contribution in [0, 0.1) is 0 Å². The number of rotatable bonds is 4. The van der Waals surface area contributed by atoms with Crippen LogP contribution in [0.1, 0.15) is 30.6 Å². The van der Waals surface area contributed by atoms with Crippen LogP contribution in [0.25, 0.3) is 0 Å². The Bertz CT molecular complexity index is 801. The molecule has 2 aliphatic heterocycles. The van der Waals surface area contributed by atoms with Gasteiger partial charge in [0, 0.05) is 51.9 Å². The third-order valence-corrected chi connectivity index (χ3v) is 7.04. The Hall–Kier alpha value is -2.16. The first-order valence-electron chi connectivity index (χ1n) is 9.28. The zero-order valence-corrected chi connectivity index (χ0v) is 16.6. The Kier molecular flexibility index (Phi) is 5.69. The van der Waals surface area contributed by atoms with Crippen molar-refractivity contribution in [1.82, 2.24) is 14.8 Å². The van der Waals surface area contributed by atoms with Gasteiger partial charge in [0.2, 0.25) is 5.91 Å². The molecule has 27 heavy (non-hydrogen) atoms. The van der Waals surface area contributed by atoms with Crippen LogP contribution in [0.5, 0.6) is 0 Å². The average Bonchev–Trinajstić information content (AvgIpc) is 3.02. The molecular formula is C18H26N4O4S. The van der Waals surface area contributed by atoms with E-state index < -0.39 is 9.84 Å². The summed E-state index contributed by atoms with van der Waals surface area (Å²) < 4.78 is 23.5. The van der Waals surface area contributed by atoms with Crippen LogP contribution in [0.4, 0.5) is 5.82 Å². The lowest BCUT2D eigenvalue weighted by Gasteiger charge is -2.35. The lowest BCUT2D eigenvalue weighted by Crippen LogP contribution is -2.48. The third-order valence-electron chi connectivity index (χ3n) is 5.29. The molecule has 0 radical (unpaired) electrons. The number of hydrogen-bond acceptors (Lipinski definition) is 6. The van der Waals surface area contributed by atoms with E-state index in [-0.39, 0.29) is 29.4 Å². The van der Waals surface area contributed by atoms with Crippen LogP contribution in [0.3, 0.4) is 0 Å². The van der Waals surface area contributed by atoms with Gasteiger partial charge in [0.05, 0.1) is 17.1 Å². The van der Waals surface area contributed by atoms with Gasteiger partial charge in [-0.25, -0.2) is 13.4 Å². The highest BCUT2D eigenvalue weighted by molar-refractivity contribution is 7.91. The molecule has 8 nitrogen and oxygen atoms in total. The maximum atomic E-state index is 12.8. The summed E-state index contributed by atoms with van der Waals surface area (Å²) in [5.74, 6) is 0.863. The normalized spacial score (nSPS) is 21.9. The first-order chi connectivity index (χ1) is 12.8. The van der Waals surface area contributed by atoms with Crippen molar-refractivity contribution in [2.45, 2.75) is 26.3 Å². The molecule has 0 aromatic carbocycles. The third kappa shape index (κ3) is 4.40. The minimum atomic E-state index is -3.04. The number of carbonyl (C=O) groups is 2. The van der Waals surface area contributed by atoms with Crippen LogP contribution in [0.15, 0.2) is 18.3 Å². The molecule has 1 unspecified atom stereocenters. The molecule has 3 heterocycles. The molecule has 2 aliphatic rings. The van der Waals surface area contributed by atoms with Crippen LogP contribution in [0.2, 0.25) is 0 Å². The van der Waals surface area contributed by atoms with E-state index in [4.69, 9.17) is 0 Å². The molecule has 9 heteroatoms. The Balaban J connectivity index is 1.66. The zero-order chi connectivity index (χ0) is 19.6. The second-order valence-corrected chi connectivity index (χ2v) is 9.27. The minimum absolute atomic E-state index is 0.0402. The largest absolute Gasteiger partial charge is 0.353 e. The molecule has 0 spiro atoms. The Morgan fingerprint density at radius 3 is 2.41 bits per heavy atom. The summed E-state index contributed by atoms with van der Waals surface area (Å²) in [5.41, 5.74) is 0.465. The van der Waals surface area contributed by atoms with Gasteiger partial charge >= 0.3 is 0 Å². The Labute approximate surface area is 160 Å². The number of amides is 2. The van der Waals surface area contributed by atoms with Gasteiger partial charge in [0.25, 0.3) is 5.91 Å². The lowest BCUT2D eigenvalue weighted by atomic mass is 10.1. The van der Waals surface area contributed by atoms with Crippen LogP contribution < -0.4 is 4.90 Å². The van der Waals surface area contributed by atoms with Crippen molar-refractivity contribution in [1.29, 1.82) is 0 Å². The maximum absolute atomic E-state index is 12.8. The number of anilines is 1. The number of carbonyl (C=O) groups excluding carboxylic acids is 2. The van der Waals surface area contributed by atoms with E-state index >= 15 is 0 Å². The quantitative estimate of drug-likeness (QED) is 0.734. The zero-order valence-electron chi connectivity index (χ0n) is 15.8. The van der Waals surface area contributed by atoms with E-state index in [0.29, 0.717) is 44.7 Å². The number of pyridine rings is 1. The average molecular weight is 394 g/mol. The van der Waals surface area contributed by atoms with Crippen molar-refractivity contribution >= 4 is 27.5 Å². The molecule has 1 aromatic heterocycles. The molecule has 1 aromatic rings. The van der Waals surface area contributed by atoms with E-state index in [1.54, 1.807) is 24.1 Å². The molecule has 2 fully saturated rings. The van der Waals surface area contributed by atoms with Gasteiger partial charge in [-0.2, -0.15) is 0 Å². The number of nitrogens with zero attached hydrogens (tertiary/aromatic N) is 4. The van der Waals surface area contributed by atoms with Crippen molar-refractivity contribution in [3.8, 4) is 0 Å². The van der Waals surface area contributed by atoms with Gasteiger partial charge in [0.15, 0.2) is 9.84 Å². The predicted molar refractivity (Wildman–Crippen MR) is 102 cm³/mol. The SMILES string of the molecule is CCN(C(=O)c1ccc(N2CCN(C(C)=O)CC2)nc1)C1CCS(=O)(=O)C1. The molecule has 1 atom stereocenters. The summed E-state index contributed by atoms with van der Waals surface area (Å²) in [7, 11) is -3.04. The van der Waals surface area contributed by atoms with E-state index in [0.717, 1.165) is 5.82 Å². The highest BCUT2D eigenvalue weighted by Crippen LogP contribution is 2.21. The summed E-state index contributed by atoms with van der Waals surface area (Å²) in [6.07, 6.45) is 2.05. The van der Waals surface area contributed by atoms with Gasteiger partial charge in [0.1, 0.15) is 5.82 Å². The number of piperazine rings is 1. The van der Waals surface area contributed by atoms with Crippen molar-refractivity contribution in [3.63, 3.8) is 0 Å². The van der Waals surface area contributed by atoms with Crippen molar-refractivity contribution in [2.24, 2.45) is 0 Å². The fraction of sp³-hybridized carbons (Fsp3) is 0.611.